The zero-order valence-corrected chi connectivity index (χ0v) is 12.6. The highest BCUT2D eigenvalue weighted by atomic mass is 28.2. The van der Waals surface area contributed by atoms with Crippen LogP contribution < -0.4 is 0 Å². The molecule has 1 N–H and O–H groups in total. The summed E-state index contributed by atoms with van der Waals surface area (Å²) in [4.78, 5) is 0. The van der Waals surface area contributed by atoms with Gasteiger partial charge in [-0.3, -0.25) is 0 Å². The monoisotopic (exact) mass is 268 g/mol. The molecule has 0 saturated heterocycles. The van der Waals surface area contributed by atoms with Crippen molar-refractivity contribution < 1.29 is 14.3 Å². The average Bonchev–Trinajstić information content (AvgIpc) is 2.39. The second-order valence-electron chi connectivity index (χ2n) is 4.31. The van der Waals surface area contributed by atoms with Crippen molar-refractivity contribution in [3.63, 3.8) is 0 Å². The third-order valence-corrected chi connectivity index (χ3v) is 4.30. The van der Waals surface area contributed by atoms with Crippen molar-refractivity contribution in [2.75, 3.05) is 19.8 Å². The van der Waals surface area contributed by atoms with Crippen LogP contribution in [0.1, 0.15) is 25.3 Å². The van der Waals surface area contributed by atoms with Crippen molar-refractivity contribution in [3.05, 3.63) is 29.8 Å². The summed E-state index contributed by atoms with van der Waals surface area (Å²) >= 11 is 0. The maximum absolute atomic E-state index is 9.56. The summed E-state index contributed by atoms with van der Waals surface area (Å²) in [6.07, 6.45) is 2.97. The van der Waals surface area contributed by atoms with Crippen LogP contribution >= 0.6 is 0 Å². The molecule has 3 nitrogen and oxygen atoms in total. The van der Waals surface area contributed by atoms with Gasteiger partial charge >= 0.3 is 0 Å². The predicted molar refractivity (Wildman–Crippen MR) is 76.8 cm³/mol. The molecule has 0 heterocycles. The van der Waals surface area contributed by atoms with Gasteiger partial charge in [0, 0.05) is 13.2 Å². The van der Waals surface area contributed by atoms with Gasteiger partial charge < -0.3 is 14.3 Å². The molecule has 1 aromatic rings. The first kappa shape index (κ1) is 15.2. The fourth-order valence-corrected chi connectivity index (χ4v) is 2.52. The summed E-state index contributed by atoms with van der Waals surface area (Å²) in [5.74, 6) is 0.356. The number of phenols is 1. The van der Waals surface area contributed by atoms with Gasteiger partial charge in [0.1, 0.15) is 5.75 Å². The van der Waals surface area contributed by atoms with E-state index < -0.39 is 0 Å². The van der Waals surface area contributed by atoms with Crippen molar-refractivity contribution in [1.82, 2.24) is 0 Å². The van der Waals surface area contributed by atoms with Gasteiger partial charge in [-0.15, -0.1) is 0 Å². The maximum atomic E-state index is 9.56. The molecule has 0 atom stereocenters. The van der Waals surface area contributed by atoms with Gasteiger partial charge in [-0.05, 0) is 30.5 Å². The number of hydrogen-bond acceptors (Lipinski definition) is 3. The molecular weight excluding hydrogens is 244 g/mol. The Morgan fingerprint density at radius 2 is 2.00 bits per heavy atom. The SMILES string of the molecule is CCC[SiH2]OCCCOCCc1ccccc1O. The number of rotatable bonds is 10. The number of phenolic OH excluding ortho intramolecular Hbond substituents is 1. The Balaban J connectivity index is 1.94. The normalized spacial score (nSPS) is 11.4. The Labute approximate surface area is 112 Å². The standard InChI is InChI=1S/C14H24O3Si/c1-2-12-18-17-10-5-9-16-11-8-13-6-3-4-7-14(13)15/h3-4,6-7,15H,2,5,8-12,18H2,1H3. The Hall–Kier alpha value is -0.843. The molecule has 0 fully saturated rings. The van der Waals surface area contributed by atoms with Crippen LogP contribution in [0.3, 0.4) is 0 Å². The number of hydrogen-bond donors (Lipinski definition) is 1. The van der Waals surface area contributed by atoms with Gasteiger partial charge in [0.05, 0.1) is 6.61 Å². The highest BCUT2D eigenvalue weighted by Crippen LogP contribution is 2.15. The van der Waals surface area contributed by atoms with Crippen LogP contribution in [0.2, 0.25) is 6.04 Å². The van der Waals surface area contributed by atoms with Gasteiger partial charge in [-0.1, -0.05) is 31.5 Å². The van der Waals surface area contributed by atoms with E-state index in [-0.39, 0.29) is 9.76 Å². The molecule has 0 aliphatic rings. The Morgan fingerprint density at radius 3 is 2.78 bits per heavy atom. The quantitative estimate of drug-likeness (QED) is 0.522. The molecular formula is C14H24O3Si. The lowest BCUT2D eigenvalue weighted by atomic mass is 10.1. The van der Waals surface area contributed by atoms with E-state index >= 15 is 0 Å². The first-order chi connectivity index (χ1) is 8.84. The van der Waals surface area contributed by atoms with Gasteiger partial charge in [0.25, 0.3) is 0 Å². The Kier molecular flexibility index (Phi) is 8.55. The lowest BCUT2D eigenvalue weighted by molar-refractivity contribution is 0.122. The van der Waals surface area contributed by atoms with Crippen LogP contribution in [0.15, 0.2) is 24.3 Å². The van der Waals surface area contributed by atoms with Crippen molar-refractivity contribution in [2.45, 2.75) is 32.2 Å². The largest absolute Gasteiger partial charge is 0.508 e. The zero-order chi connectivity index (χ0) is 13.1. The summed E-state index contributed by atoms with van der Waals surface area (Å²) in [6.45, 7) is 4.43. The van der Waals surface area contributed by atoms with Crippen molar-refractivity contribution >= 4 is 9.76 Å². The molecule has 0 aliphatic carbocycles. The minimum Gasteiger partial charge on any atom is -0.508 e. The van der Waals surface area contributed by atoms with Gasteiger partial charge in [0.15, 0.2) is 9.76 Å². The maximum Gasteiger partial charge on any atom is 0.161 e. The van der Waals surface area contributed by atoms with E-state index in [1.807, 2.05) is 18.2 Å². The van der Waals surface area contributed by atoms with Gasteiger partial charge in [-0.2, -0.15) is 0 Å². The van der Waals surface area contributed by atoms with E-state index in [1.165, 1.54) is 12.5 Å². The molecule has 102 valence electrons. The molecule has 4 heteroatoms. The number of aromatic hydroxyl groups is 1. The van der Waals surface area contributed by atoms with Crippen molar-refractivity contribution in [1.29, 1.82) is 0 Å². The molecule has 1 aromatic carbocycles. The molecule has 0 bridgehead atoms. The summed E-state index contributed by atoms with van der Waals surface area (Å²) in [5.41, 5.74) is 0.948. The molecule has 0 unspecified atom stereocenters. The van der Waals surface area contributed by atoms with Crippen LogP contribution in [-0.2, 0) is 15.6 Å². The average molecular weight is 268 g/mol. The Morgan fingerprint density at radius 1 is 1.17 bits per heavy atom. The Bertz CT molecular complexity index is 318. The first-order valence-corrected chi connectivity index (χ1v) is 8.34. The molecule has 0 radical (unpaired) electrons. The minimum absolute atomic E-state index is 0.264. The van der Waals surface area contributed by atoms with Crippen LogP contribution in [0.25, 0.3) is 0 Å². The highest BCUT2D eigenvalue weighted by Gasteiger charge is 1.99. The fourth-order valence-electron chi connectivity index (χ4n) is 1.62. The summed E-state index contributed by atoms with van der Waals surface area (Å²) in [7, 11) is -0.264. The third kappa shape index (κ3) is 6.79. The topological polar surface area (TPSA) is 38.7 Å². The minimum atomic E-state index is -0.264. The van der Waals surface area contributed by atoms with E-state index in [4.69, 9.17) is 9.16 Å². The second-order valence-corrected chi connectivity index (χ2v) is 5.83. The molecule has 18 heavy (non-hydrogen) atoms. The molecule has 0 aromatic heterocycles. The lowest BCUT2D eigenvalue weighted by Crippen LogP contribution is -2.05. The van der Waals surface area contributed by atoms with E-state index in [0.717, 1.165) is 31.6 Å². The number of ether oxygens (including phenoxy) is 1. The predicted octanol–water partition coefficient (Wildman–Crippen LogP) is 2.27. The van der Waals surface area contributed by atoms with Gasteiger partial charge in [0.2, 0.25) is 0 Å². The van der Waals surface area contributed by atoms with Crippen LogP contribution in [0, 0.1) is 0 Å². The summed E-state index contributed by atoms with van der Waals surface area (Å²) in [5, 5.41) is 9.56. The zero-order valence-electron chi connectivity index (χ0n) is 11.2. The van der Waals surface area contributed by atoms with Crippen LogP contribution in [0.4, 0.5) is 0 Å². The second kappa shape index (κ2) is 10.1. The molecule has 0 aliphatic heterocycles. The number of para-hydroxylation sites is 1. The molecule has 1 rings (SSSR count). The number of benzene rings is 1. The van der Waals surface area contributed by atoms with E-state index in [2.05, 4.69) is 6.92 Å². The van der Waals surface area contributed by atoms with Crippen molar-refractivity contribution in [2.24, 2.45) is 0 Å². The van der Waals surface area contributed by atoms with Crippen LogP contribution in [-0.4, -0.2) is 34.7 Å². The van der Waals surface area contributed by atoms with Crippen molar-refractivity contribution in [3.8, 4) is 5.75 Å². The van der Waals surface area contributed by atoms with E-state index in [9.17, 15) is 5.11 Å². The lowest BCUT2D eigenvalue weighted by Gasteiger charge is -2.06. The van der Waals surface area contributed by atoms with Crippen LogP contribution in [0.5, 0.6) is 5.75 Å². The fraction of sp³-hybridized carbons (Fsp3) is 0.571. The highest BCUT2D eigenvalue weighted by molar-refractivity contribution is 6.26. The van der Waals surface area contributed by atoms with Gasteiger partial charge in [-0.25, -0.2) is 0 Å². The van der Waals surface area contributed by atoms with E-state index in [1.54, 1.807) is 6.07 Å². The smallest absolute Gasteiger partial charge is 0.161 e. The molecule has 0 saturated carbocycles. The first-order valence-electron chi connectivity index (χ1n) is 6.77. The molecule has 0 spiro atoms. The molecule has 0 amide bonds. The summed E-state index contributed by atoms with van der Waals surface area (Å²) in [6, 6.07) is 8.67. The van der Waals surface area contributed by atoms with E-state index in [0.29, 0.717) is 12.4 Å². The third-order valence-electron chi connectivity index (χ3n) is 2.73. The summed E-state index contributed by atoms with van der Waals surface area (Å²) < 4.78 is 11.1.